The maximum atomic E-state index is 10.3. The van der Waals surface area contributed by atoms with Crippen LogP contribution in [-0.2, 0) is 4.79 Å². The van der Waals surface area contributed by atoms with Gasteiger partial charge in [-0.25, -0.2) is 4.40 Å². The third kappa shape index (κ3) is 4.97. The standard InChI is InChI=1S/C10H14N2OS/c1-14-12-10(5-7-13)4-6-11-8-9-2-3-9/h4,6-9H,2-3,5H2,1H3/b6-4-,11-8+,12-10+. The van der Waals surface area contributed by atoms with Crippen LogP contribution in [0.25, 0.3) is 0 Å². The third-order valence-electron chi connectivity index (χ3n) is 1.77. The van der Waals surface area contributed by atoms with Gasteiger partial charge < -0.3 is 4.79 Å². The van der Waals surface area contributed by atoms with Crippen molar-refractivity contribution in [1.29, 1.82) is 0 Å². The predicted molar refractivity (Wildman–Crippen MR) is 62.0 cm³/mol. The average Bonchev–Trinajstić information content (AvgIpc) is 2.96. The summed E-state index contributed by atoms with van der Waals surface area (Å²) in [7, 11) is 0. The van der Waals surface area contributed by atoms with Crippen molar-refractivity contribution in [3.05, 3.63) is 12.3 Å². The molecule has 1 saturated carbocycles. The van der Waals surface area contributed by atoms with Crippen LogP contribution in [0.3, 0.4) is 0 Å². The number of carbonyl (C=O) groups excluding carboxylic acids is 1. The zero-order chi connectivity index (χ0) is 10.2. The first kappa shape index (κ1) is 11.2. The summed E-state index contributed by atoms with van der Waals surface area (Å²) in [5.41, 5.74) is 0.764. The highest BCUT2D eigenvalue weighted by Crippen LogP contribution is 2.26. The van der Waals surface area contributed by atoms with Crippen LogP contribution in [0.5, 0.6) is 0 Å². The molecule has 1 fully saturated rings. The maximum Gasteiger partial charge on any atom is 0.125 e. The molecule has 0 amide bonds. The van der Waals surface area contributed by atoms with E-state index < -0.39 is 0 Å². The van der Waals surface area contributed by atoms with Gasteiger partial charge in [0.2, 0.25) is 0 Å². The van der Waals surface area contributed by atoms with Crippen LogP contribution in [0.2, 0.25) is 0 Å². The summed E-state index contributed by atoms with van der Waals surface area (Å²) < 4.78 is 4.09. The monoisotopic (exact) mass is 210 g/mol. The van der Waals surface area contributed by atoms with Crippen LogP contribution in [0, 0.1) is 5.92 Å². The second-order valence-corrected chi connectivity index (χ2v) is 3.64. The predicted octanol–water partition coefficient (Wildman–Crippen LogP) is 2.29. The zero-order valence-corrected chi connectivity index (χ0v) is 9.04. The van der Waals surface area contributed by atoms with Gasteiger partial charge in [-0.3, -0.25) is 4.99 Å². The largest absolute Gasteiger partial charge is 0.303 e. The molecule has 0 N–H and O–H groups in total. The van der Waals surface area contributed by atoms with Gasteiger partial charge in [-0.2, -0.15) is 0 Å². The lowest BCUT2D eigenvalue weighted by molar-refractivity contribution is -0.106. The Balaban J connectivity index is 2.36. The number of hydrogen-bond acceptors (Lipinski definition) is 4. The zero-order valence-electron chi connectivity index (χ0n) is 8.22. The van der Waals surface area contributed by atoms with E-state index >= 15 is 0 Å². The fourth-order valence-electron chi connectivity index (χ4n) is 0.884. The fraction of sp³-hybridized carbons (Fsp3) is 0.500. The van der Waals surface area contributed by atoms with Gasteiger partial charge in [0.05, 0.1) is 5.71 Å². The van der Waals surface area contributed by atoms with Crippen LogP contribution in [0.15, 0.2) is 21.7 Å². The van der Waals surface area contributed by atoms with Crippen molar-refractivity contribution in [3.63, 3.8) is 0 Å². The van der Waals surface area contributed by atoms with Gasteiger partial charge in [-0.1, -0.05) is 0 Å². The number of nitrogens with zero attached hydrogens (tertiary/aromatic N) is 2. The molecule has 1 rings (SSSR count). The average molecular weight is 210 g/mol. The quantitative estimate of drug-likeness (QED) is 0.383. The maximum absolute atomic E-state index is 10.3. The molecule has 0 atom stereocenters. The minimum atomic E-state index is 0.357. The molecule has 0 radical (unpaired) electrons. The van der Waals surface area contributed by atoms with E-state index in [0.717, 1.165) is 12.0 Å². The Bertz CT molecular complexity index is 267. The minimum absolute atomic E-state index is 0.357. The highest BCUT2D eigenvalue weighted by Gasteiger charge is 2.17. The normalized spacial score (nSPS) is 18.2. The van der Waals surface area contributed by atoms with Crippen molar-refractivity contribution < 1.29 is 4.79 Å². The first-order valence-corrected chi connectivity index (χ1v) is 5.78. The summed E-state index contributed by atoms with van der Waals surface area (Å²) >= 11 is 1.35. The second-order valence-electron chi connectivity index (χ2n) is 3.09. The van der Waals surface area contributed by atoms with Gasteiger partial charge in [-0.05, 0) is 36.8 Å². The van der Waals surface area contributed by atoms with Gasteiger partial charge in [0, 0.05) is 25.1 Å². The Kier molecular flexibility index (Phi) is 5.22. The molecule has 0 saturated heterocycles. The van der Waals surface area contributed by atoms with Gasteiger partial charge >= 0.3 is 0 Å². The second kappa shape index (κ2) is 6.54. The number of aliphatic imine (C=N–C) groups is 1. The van der Waals surface area contributed by atoms with Gasteiger partial charge in [0.15, 0.2) is 0 Å². The molecular formula is C10H14N2OS. The lowest BCUT2D eigenvalue weighted by Gasteiger charge is -1.90. The third-order valence-corrected chi connectivity index (χ3v) is 2.19. The van der Waals surface area contributed by atoms with E-state index in [4.69, 9.17) is 0 Å². The molecule has 3 nitrogen and oxygen atoms in total. The van der Waals surface area contributed by atoms with Crippen molar-refractivity contribution >= 4 is 30.2 Å². The first-order valence-electron chi connectivity index (χ1n) is 4.60. The van der Waals surface area contributed by atoms with Crippen LogP contribution < -0.4 is 0 Å². The fourth-order valence-corrected chi connectivity index (χ4v) is 1.25. The first-order chi connectivity index (χ1) is 6.86. The van der Waals surface area contributed by atoms with Crippen molar-refractivity contribution in [3.8, 4) is 0 Å². The lowest BCUT2D eigenvalue weighted by atomic mass is 10.3. The molecule has 0 spiro atoms. The molecule has 0 aromatic rings. The molecule has 0 unspecified atom stereocenters. The smallest absolute Gasteiger partial charge is 0.125 e. The summed E-state index contributed by atoms with van der Waals surface area (Å²) in [4.78, 5) is 14.4. The van der Waals surface area contributed by atoms with E-state index in [-0.39, 0.29) is 0 Å². The number of aldehydes is 1. The van der Waals surface area contributed by atoms with Gasteiger partial charge in [-0.15, -0.1) is 0 Å². The summed E-state index contributed by atoms with van der Waals surface area (Å²) in [5, 5.41) is 0. The van der Waals surface area contributed by atoms with Crippen LogP contribution in [0.4, 0.5) is 0 Å². The number of allylic oxidation sites excluding steroid dienone is 1. The molecule has 0 aromatic carbocycles. The molecular weight excluding hydrogens is 196 g/mol. The van der Waals surface area contributed by atoms with E-state index in [1.807, 2.05) is 12.5 Å². The van der Waals surface area contributed by atoms with Crippen molar-refractivity contribution in [2.75, 3.05) is 6.26 Å². The van der Waals surface area contributed by atoms with Crippen molar-refractivity contribution in [2.45, 2.75) is 19.3 Å². The lowest BCUT2D eigenvalue weighted by Crippen LogP contribution is -1.92. The summed E-state index contributed by atoms with van der Waals surface area (Å²) in [6.45, 7) is 0. The summed E-state index contributed by atoms with van der Waals surface area (Å²) in [6, 6.07) is 0. The molecule has 76 valence electrons. The molecule has 0 aliphatic heterocycles. The highest BCUT2D eigenvalue weighted by molar-refractivity contribution is 7.97. The molecule has 14 heavy (non-hydrogen) atoms. The SMILES string of the molecule is CS\N=C(/C=C\N=C\C1CC1)CC=O. The summed E-state index contributed by atoms with van der Waals surface area (Å²) in [5.74, 6) is 0.687. The van der Waals surface area contributed by atoms with Crippen LogP contribution in [0.1, 0.15) is 19.3 Å². The van der Waals surface area contributed by atoms with E-state index in [2.05, 4.69) is 9.39 Å². The van der Waals surface area contributed by atoms with Crippen molar-refractivity contribution in [1.82, 2.24) is 0 Å². The molecule has 0 heterocycles. The number of carbonyl (C=O) groups is 1. The number of rotatable bonds is 6. The topological polar surface area (TPSA) is 41.8 Å². The van der Waals surface area contributed by atoms with E-state index in [1.165, 1.54) is 24.8 Å². The minimum Gasteiger partial charge on any atom is -0.303 e. The number of hydrogen-bond donors (Lipinski definition) is 0. The van der Waals surface area contributed by atoms with Crippen molar-refractivity contribution in [2.24, 2.45) is 15.3 Å². The van der Waals surface area contributed by atoms with E-state index in [1.54, 1.807) is 12.3 Å². The Labute approximate surface area is 88.5 Å². The molecule has 0 aromatic heterocycles. The van der Waals surface area contributed by atoms with Gasteiger partial charge in [0.25, 0.3) is 0 Å². The Morgan fingerprint density at radius 1 is 1.57 bits per heavy atom. The Morgan fingerprint density at radius 3 is 2.93 bits per heavy atom. The van der Waals surface area contributed by atoms with E-state index in [9.17, 15) is 4.79 Å². The molecule has 1 aliphatic rings. The molecule has 0 bridgehead atoms. The van der Waals surface area contributed by atoms with Crippen LogP contribution >= 0.6 is 11.9 Å². The van der Waals surface area contributed by atoms with Gasteiger partial charge in [0.1, 0.15) is 6.29 Å². The highest BCUT2D eigenvalue weighted by atomic mass is 32.2. The Hall–Kier alpha value is -0.900. The molecule has 4 heteroatoms. The summed E-state index contributed by atoms with van der Waals surface area (Å²) in [6.07, 6.45) is 11.0. The van der Waals surface area contributed by atoms with Crippen LogP contribution in [-0.4, -0.2) is 24.5 Å². The Morgan fingerprint density at radius 2 is 2.36 bits per heavy atom. The van der Waals surface area contributed by atoms with E-state index in [0.29, 0.717) is 12.3 Å². The molecule has 1 aliphatic carbocycles.